The van der Waals surface area contributed by atoms with E-state index in [2.05, 4.69) is 20.6 Å². The van der Waals surface area contributed by atoms with E-state index in [-0.39, 0.29) is 29.4 Å². The Morgan fingerprint density at radius 2 is 1.79 bits per heavy atom. The zero-order valence-corrected chi connectivity index (χ0v) is 18.9. The summed E-state index contributed by atoms with van der Waals surface area (Å²) >= 11 is 0. The first-order valence-electron chi connectivity index (χ1n) is 9.85. The molecule has 0 saturated heterocycles. The molecule has 172 valence electrons. The Morgan fingerprint density at radius 3 is 2.52 bits per heavy atom. The fourth-order valence-corrected chi connectivity index (χ4v) is 3.64. The lowest BCUT2D eigenvalue weighted by molar-refractivity contribution is -0.115. The van der Waals surface area contributed by atoms with Crippen molar-refractivity contribution in [2.45, 2.75) is 11.5 Å². The molecule has 33 heavy (non-hydrogen) atoms. The molecule has 0 spiro atoms. The lowest BCUT2D eigenvalue weighted by atomic mass is 10.2. The molecule has 0 radical (unpaired) electrons. The topological polar surface area (TPSA) is 131 Å². The first-order chi connectivity index (χ1) is 15.8. The van der Waals surface area contributed by atoms with Gasteiger partial charge in [-0.15, -0.1) is 0 Å². The van der Waals surface area contributed by atoms with Crippen LogP contribution in [0.5, 0.6) is 5.75 Å². The molecule has 0 aliphatic carbocycles. The predicted molar refractivity (Wildman–Crippen MR) is 121 cm³/mol. The summed E-state index contributed by atoms with van der Waals surface area (Å²) in [6, 6.07) is 12.5. The maximum atomic E-state index is 12.4. The van der Waals surface area contributed by atoms with E-state index in [0.717, 1.165) is 9.87 Å². The van der Waals surface area contributed by atoms with Gasteiger partial charge < -0.3 is 15.4 Å². The molecule has 0 aliphatic heterocycles. The molecule has 2 heterocycles. The van der Waals surface area contributed by atoms with Gasteiger partial charge in [0.1, 0.15) is 6.61 Å². The van der Waals surface area contributed by atoms with Crippen LogP contribution in [-0.2, 0) is 21.4 Å². The molecule has 0 aliphatic rings. The highest BCUT2D eigenvalue weighted by Crippen LogP contribution is 2.22. The molecular weight excluding hydrogens is 446 g/mol. The molecular formula is C22H23N5O5S. The summed E-state index contributed by atoms with van der Waals surface area (Å²) in [5.41, 5.74) is 1.02. The van der Waals surface area contributed by atoms with Crippen LogP contribution >= 0.6 is 0 Å². The van der Waals surface area contributed by atoms with E-state index in [1.807, 2.05) is 12.1 Å². The van der Waals surface area contributed by atoms with Gasteiger partial charge in [-0.25, -0.2) is 17.7 Å². The lowest BCUT2D eigenvalue weighted by Crippen LogP contribution is -2.33. The third-order valence-corrected chi connectivity index (χ3v) is 6.27. The van der Waals surface area contributed by atoms with Crippen molar-refractivity contribution in [2.75, 3.05) is 26.0 Å². The SMILES string of the molecule is CN(C)S(=O)(=O)c1cccc(C(=O)NCC(=O)Nc2ncccc2OCc2ccncc2)c1. The lowest BCUT2D eigenvalue weighted by Gasteiger charge is -2.13. The second-order valence-corrected chi connectivity index (χ2v) is 9.19. The minimum atomic E-state index is -3.69. The number of amides is 2. The van der Waals surface area contributed by atoms with Crippen LogP contribution in [0.4, 0.5) is 5.82 Å². The molecule has 3 aromatic rings. The van der Waals surface area contributed by atoms with Crippen molar-refractivity contribution in [2.24, 2.45) is 0 Å². The zero-order valence-electron chi connectivity index (χ0n) is 18.1. The molecule has 2 N–H and O–H groups in total. The summed E-state index contributed by atoms with van der Waals surface area (Å²) < 4.78 is 31.3. The number of ether oxygens (including phenoxy) is 1. The molecule has 0 bridgehead atoms. The van der Waals surface area contributed by atoms with E-state index >= 15 is 0 Å². The van der Waals surface area contributed by atoms with Crippen molar-refractivity contribution in [3.8, 4) is 5.75 Å². The van der Waals surface area contributed by atoms with E-state index < -0.39 is 21.8 Å². The summed E-state index contributed by atoms with van der Waals surface area (Å²) in [6.45, 7) is -0.0795. The highest BCUT2D eigenvalue weighted by atomic mass is 32.2. The van der Waals surface area contributed by atoms with E-state index in [4.69, 9.17) is 4.74 Å². The highest BCUT2D eigenvalue weighted by Gasteiger charge is 2.19. The number of hydrogen-bond acceptors (Lipinski definition) is 7. The van der Waals surface area contributed by atoms with Crippen LogP contribution in [0.15, 0.2) is 72.0 Å². The summed E-state index contributed by atoms with van der Waals surface area (Å²) in [4.78, 5) is 32.8. The monoisotopic (exact) mass is 469 g/mol. The summed E-state index contributed by atoms with van der Waals surface area (Å²) in [5.74, 6) is -0.524. The predicted octanol–water partition coefficient (Wildman–Crippen LogP) is 1.67. The van der Waals surface area contributed by atoms with Gasteiger partial charge in [0.25, 0.3) is 5.91 Å². The summed E-state index contributed by atoms with van der Waals surface area (Å²) in [7, 11) is -0.883. The molecule has 10 nitrogen and oxygen atoms in total. The number of pyridine rings is 2. The van der Waals surface area contributed by atoms with Crippen LogP contribution in [0.1, 0.15) is 15.9 Å². The molecule has 3 rings (SSSR count). The summed E-state index contributed by atoms with van der Waals surface area (Å²) in [5, 5.41) is 5.07. The fraction of sp³-hybridized carbons (Fsp3) is 0.182. The van der Waals surface area contributed by atoms with Crippen LogP contribution in [0, 0.1) is 0 Å². The molecule has 2 aromatic heterocycles. The van der Waals surface area contributed by atoms with Crippen molar-refractivity contribution in [1.82, 2.24) is 19.6 Å². The van der Waals surface area contributed by atoms with E-state index in [0.29, 0.717) is 5.75 Å². The molecule has 0 atom stereocenters. The Balaban J connectivity index is 1.59. The minimum absolute atomic E-state index is 0.0194. The van der Waals surface area contributed by atoms with Crippen molar-refractivity contribution < 1.29 is 22.7 Å². The van der Waals surface area contributed by atoms with Gasteiger partial charge in [0.15, 0.2) is 11.6 Å². The van der Waals surface area contributed by atoms with E-state index in [1.54, 1.807) is 24.5 Å². The van der Waals surface area contributed by atoms with Crippen molar-refractivity contribution in [1.29, 1.82) is 0 Å². The second-order valence-electron chi connectivity index (χ2n) is 7.04. The second kappa shape index (κ2) is 10.7. The Bertz CT molecular complexity index is 1230. The zero-order chi connectivity index (χ0) is 23.8. The van der Waals surface area contributed by atoms with E-state index in [1.165, 1.54) is 44.6 Å². The number of hydrogen-bond donors (Lipinski definition) is 2. The Labute approximate surface area is 191 Å². The molecule has 0 fully saturated rings. The molecule has 11 heteroatoms. The van der Waals surface area contributed by atoms with Gasteiger partial charge in [-0.05, 0) is 48.0 Å². The van der Waals surface area contributed by atoms with Crippen LogP contribution < -0.4 is 15.4 Å². The maximum Gasteiger partial charge on any atom is 0.251 e. The molecule has 0 unspecified atom stereocenters. The average molecular weight is 470 g/mol. The van der Waals surface area contributed by atoms with Gasteiger partial charge in [0.2, 0.25) is 15.9 Å². The molecule has 2 amide bonds. The fourth-order valence-electron chi connectivity index (χ4n) is 2.69. The van der Waals surface area contributed by atoms with Crippen LogP contribution in [0.25, 0.3) is 0 Å². The van der Waals surface area contributed by atoms with Gasteiger partial charge in [0.05, 0.1) is 11.4 Å². The van der Waals surface area contributed by atoms with Gasteiger partial charge in [-0.1, -0.05) is 6.07 Å². The number of aromatic nitrogens is 2. The van der Waals surface area contributed by atoms with Gasteiger partial charge in [-0.3, -0.25) is 14.6 Å². The van der Waals surface area contributed by atoms with Crippen molar-refractivity contribution in [3.63, 3.8) is 0 Å². The number of anilines is 1. The molecule has 0 saturated carbocycles. The smallest absolute Gasteiger partial charge is 0.251 e. The van der Waals surface area contributed by atoms with Crippen molar-refractivity contribution >= 4 is 27.7 Å². The van der Waals surface area contributed by atoms with Gasteiger partial charge >= 0.3 is 0 Å². The first kappa shape index (κ1) is 23.8. The number of nitrogens with zero attached hydrogens (tertiary/aromatic N) is 3. The number of benzene rings is 1. The first-order valence-corrected chi connectivity index (χ1v) is 11.3. The Hall–Kier alpha value is -3.83. The number of rotatable bonds is 9. The standard InChI is InChI=1S/C22H23N5O5S/c1-27(2)33(30,31)18-6-3-5-17(13-18)22(29)25-14-20(28)26-21-19(7-4-10-24-21)32-15-16-8-11-23-12-9-16/h3-13H,14-15H2,1-2H3,(H,25,29)(H,24,26,28). The average Bonchev–Trinajstić information content (AvgIpc) is 2.82. The highest BCUT2D eigenvalue weighted by molar-refractivity contribution is 7.89. The number of carbonyl (C=O) groups excluding carboxylic acids is 2. The largest absolute Gasteiger partial charge is 0.485 e. The number of carbonyl (C=O) groups is 2. The molecule has 1 aromatic carbocycles. The minimum Gasteiger partial charge on any atom is -0.485 e. The van der Waals surface area contributed by atoms with Gasteiger partial charge in [0, 0.05) is 38.2 Å². The van der Waals surface area contributed by atoms with Crippen molar-refractivity contribution in [3.05, 3.63) is 78.2 Å². The number of sulfonamides is 1. The third-order valence-electron chi connectivity index (χ3n) is 4.46. The number of nitrogens with one attached hydrogen (secondary N) is 2. The van der Waals surface area contributed by atoms with E-state index in [9.17, 15) is 18.0 Å². The maximum absolute atomic E-state index is 12.4. The normalized spacial score (nSPS) is 11.1. The quantitative estimate of drug-likeness (QED) is 0.487. The third kappa shape index (κ3) is 6.34. The van der Waals surface area contributed by atoms with Crippen LogP contribution in [-0.4, -0.2) is 55.1 Å². The Kier molecular flexibility index (Phi) is 7.70. The van der Waals surface area contributed by atoms with Gasteiger partial charge in [-0.2, -0.15) is 0 Å². The Morgan fingerprint density at radius 1 is 1.03 bits per heavy atom. The van der Waals surface area contributed by atoms with Crippen LogP contribution in [0.2, 0.25) is 0 Å². The summed E-state index contributed by atoms with van der Waals surface area (Å²) in [6.07, 6.45) is 4.81. The van der Waals surface area contributed by atoms with Crippen LogP contribution in [0.3, 0.4) is 0 Å².